The van der Waals surface area contributed by atoms with Crippen LogP contribution in [0, 0.1) is 6.54 Å². The average molecular weight is 453 g/mol. The van der Waals surface area contributed by atoms with Crippen molar-refractivity contribution in [2.24, 2.45) is 0 Å². The second-order valence-corrected chi connectivity index (χ2v) is 7.60. The third kappa shape index (κ3) is 6.39. The van der Waals surface area contributed by atoms with E-state index < -0.39 is 6.09 Å². The van der Waals surface area contributed by atoms with Crippen LogP contribution in [0.1, 0.15) is 28.4 Å². The van der Waals surface area contributed by atoms with Gasteiger partial charge in [0.05, 0.1) is 13.7 Å². The van der Waals surface area contributed by atoms with Gasteiger partial charge in [-0.05, 0) is 46.5 Å². The van der Waals surface area contributed by atoms with Crippen LogP contribution in [-0.4, -0.2) is 13.2 Å². The smallest absolute Gasteiger partial charge is 0.408 e. The van der Waals surface area contributed by atoms with E-state index in [1.165, 1.54) is 0 Å². The topological polar surface area (TPSA) is 56.8 Å². The van der Waals surface area contributed by atoms with Gasteiger partial charge in [0.25, 0.3) is 0 Å². The molecule has 0 heterocycles. The summed E-state index contributed by atoms with van der Waals surface area (Å²) in [5.74, 6) is 1.49. The SMILES string of the molecule is COc1ccc(COC(=O)N[CH]c2ccc(OC(c3ccccc3)c3ccccc3)cc2)cc1. The Kier molecular flexibility index (Phi) is 7.80. The molecular formula is C29H26NO4. The van der Waals surface area contributed by atoms with Crippen LogP contribution in [0.25, 0.3) is 0 Å². The molecule has 1 amide bonds. The Morgan fingerprint density at radius 2 is 1.32 bits per heavy atom. The maximum Gasteiger partial charge on any atom is 0.408 e. The first-order chi connectivity index (χ1) is 16.7. The third-order valence-electron chi connectivity index (χ3n) is 5.22. The molecule has 5 nitrogen and oxygen atoms in total. The minimum Gasteiger partial charge on any atom is -0.497 e. The molecule has 0 atom stereocenters. The fraction of sp³-hybridized carbons (Fsp3) is 0.103. The van der Waals surface area contributed by atoms with E-state index in [1.54, 1.807) is 13.7 Å². The van der Waals surface area contributed by atoms with E-state index in [4.69, 9.17) is 14.2 Å². The van der Waals surface area contributed by atoms with Crippen LogP contribution < -0.4 is 14.8 Å². The fourth-order valence-corrected chi connectivity index (χ4v) is 3.42. The molecule has 4 rings (SSSR count). The lowest BCUT2D eigenvalue weighted by atomic mass is 10.0. The van der Waals surface area contributed by atoms with Gasteiger partial charge in [0.15, 0.2) is 0 Å². The maximum absolute atomic E-state index is 12.0. The highest BCUT2D eigenvalue weighted by Gasteiger charge is 2.15. The molecule has 1 radical (unpaired) electrons. The molecule has 0 aliphatic heterocycles. The predicted octanol–water partition coefficient (Wildman–Crippen LogP) is 6.30. The second-order valence-electron chi connectivity index (χ2n) is 7.60. The van der Waals surface area contributed by atoms with Gasteiger partial charge in [-0.15, -0.1) is 0 Å². The van der Waals surface area contributed by atoms with E-state index in [9.17, 15) is 4.79 Å². The second kappa shape index (κ2) is 11.6. The van der Waals surface area contributed by atoms with Gasteiger partial charge in [0, 0.05) is 0 Å². The Morgan fingerprint density at radius 3 is 1.88 bits per heavy atom. The molecule has 34 heavy (non-hydrogen) atoms. The predicted molar refractivity (Wildman–Crippen MR) is 132 cm³/mol. The van der Waals surface area contributed by atoms with E-state index >= 15 is 0 Å². The lowest BCUT2D eigenvalue weighted by Crippen LogP contribution is -2.21. The standard InChI is InChI=1S/C29H26NO4/c1-32-26-16-14-23(15-17-26)21-33-29(31)30-20-22-12-18-27(19-13-22)34-28(24-8-4-2-5-9-24)25-10-6-3-7-11-25/h2-20,28H,21H2,1H3,(H,30,31). The zero-order valence-corrected chi connectivity index (χ0v) is 18.9. The van der Waals surface area contributed by atoms with Crippen molar-refractivity contribution in [2.45, 2.75) is 12.7 Å². The summed E-state index contributed by atoms with van der Waals surface area (Å²) in [6.07, 6.45) is -0.743. The number of carbonyl (C=O) groups excluding carboxylic acids is 1. The van der Waals surface area contributed by atoms with Crippen molar-refractivity contribution >= 4 is 6.09 Å². The zero-order chi connectivity index (χ0) is 23.6. The number of nitrogens with one attached hydrogen (secondary N) is 1. The van der Waals surface area contributed by atoms with Crippen molar-refractivity contribution in [1.29, 1.82) is 0 Å². The number of hydrogen-bond acceptors (Lipinski definition) is 4. The Balaban J connectivity index is 1.31. The molecule has 0 fully saturated rings. The van der Waals surface area contributed by atoms with Gasteiger partial charge in [0.2, 0.25) is 0 Å². The van der Waals surface area contributed by atoms with Gasteiger partial charge >= 0.3 is 6.09 Å². The van der Waals surface area contributed by atoms with Crippen LogP contribution in [0.2, 0.25) is 0 Å². The molecule has 0 aliphatic rings. The Morgan fingerprint density at radius 1 is 0.765 bits per heavy atom. The summed E-state index contributed by atoms with van der Waals surface area (Å²) < 4.78 is 16.7. The van der Waals surface area contributed by atoms with E-state index in [1.807, 2.05) is 84.9 Å². The minimum atomic E-state index is -0.524. The van der Waals surface area contributed by atoms with Crippen LogP contribution in [0.4, 0.5) is 4.79 Å². The first kappa shape index (κ1) is 22.9. The lowest BCUT2D eigenvalue weighted by Gasteiger charge is -2.20. The van der Waals surface area contributed by atoms with Crippen LogP contribution in [-0.2, 0) is 11.3 Å². The first-order valence-electron chi connectivity index (χ1n) is 11.0. The summed E-state index contributed by atoms with van der Waals surface area (Å²) >= 11 is 0. The highest BCUT2D eigenvalue weighted by atomic mass is 16.5. The van der Waals surface area contributed by atoms with Crippen LogP contribution >= 0.6 is 0 Å². The van der Waals surface area contributed by atoms with Crippen molar-refractivity contribution in [3.63, 3.8) is 0 Å². The maximum atomic E-state index is 12.0. The molecule has 5 heteroatoms. The molecular weight excluding hydrogens is 426 g/mol. The van der Waals surface area contributed by atoms with Gasteiger partial charge < -0.3 is 19.5 Å². The first-order valence-corrected chi connectivity index (χ1v) is 11.0. The number of alkyl carbamates (subject to hydrolysis) is 1. The van der Waals surface area contributed by atoms with E-state index in [-0.39, 0.29) is 12.7 Å². The highest BCUT2D eigenvalue weighted by Crippen LogP contribution is 2.28. The van der Waals surface area contributed by atoms with Crippen LogP contribution in [0.3, 0.4) is 0 Å². The van der Waals surface area contributed by atoms with Crippen LogP contribution in [0.5, 0.6) is 11.5 Å². The summed E-state index contributed by atoms with van der Waals surface area (Å²) in [4.78, 5) is 12.0. The van der Waals surface area contributed by atoms with Crippen molar-refractivity contribution in [1.82, 2.24) is 5.32 Å². The van der Waals surface area contributed by atoms with E-state index in [0.29, 0.717) is 0 Å². The molecule has 4 aromatic rings. The highest BCUT2D eigenvalue weighted by molar-refractivity contribution is 5.68. The molecule has 0 bridgehead atoms. The molecule has 1 N–H and O–H groups in total. The van der Waals surface area contributed by atoms with E-state index in [0.717, 1.165) is 33.8 Å². The Labute approximate surface area is 199 Å². The summed E-state index contributed by atoms with van der Waals surface area (Å²) in [5, 5.41) is 2.65. The number of rotatable bonds is 9. The quantitative estimate of drug-likeness (QED) is 0.324. The molecule has 0 spiro atoms. The third-order valence-corrected chi connectivity index (χ3v) is 5.22. The average Bonchev–Trinajstić information content (AvgIpc) is 2.91. The molecule has 4 aromatic carbocycles. The zero-order valence-electron chi connectivity index (χ0n) is 18.9. The molecule has 0 saturated heterocycles. The fourth-order valence-electron chi connectivity index (χ4n) is 3.42. The molecule has 0 aliphatic carbocycles. The van der Waals surface area contributed by atoms with Crippen molar-refractivity contribution in [3.05, 3.63) is 138 Å². The number of ether oxygens (including phenoxy) is 3. The number of amides is 1. The van der Waals surface area contributed by atoms with Gasteiger partial charge in [-0.25, -0.2) is 4.79 Å². The molecule has 0 aromatic heterocycles. The van der Waals surface area contributed by atoms with Crippen molar-refractivity contribution in [2.75, 3.05) is 7.11 Å². The number of benzene rings is 4. The largest absolute Gasteiger partial charge is 0.497 e. The van der Waals surface area contributed by atoms with Gasteiger partial charge in [-0.3, -0.25) is 0 Å². The van der Waals surface area contributed by atoms with Gasteiger partial charge in [-0.2, -0.15) is 0 Å². The normalized spacial score (nSPS) is 10.5. The van der Waals surface area contributed by atoms with Crippen molar-refractivity contribution < 1.29 is 19.0 Å². The molecule has 0 unspecified atom stereocenters. The number of methoxy groups -OCH3 is 1. The summed E-state index contributed by atoms with van der Waals surface area (Å²) in [5.41, 5.74) is 3.85. The lowest BCUT2D eigenvalue weighted by molar-refractivity contribution is 0.142. The summed E-state index contributed by atoms with van der Waals surface area (Å²) in [6, 6.07) is 35.1. The molecule has 0 saturated carbocycles. The minimum absolute atomic E-state index is 0.177. The Bertz CT molecular complexity index is 1120. The molecule has 171 valence electrons. The van der Waals surface area contributed by atoms with Crippen LogP contribution in [0.15, 0.2) is 109 Å². The van der Waals surface area contributed by atoms with Gasteiger partial charge in [0.1, 0.15) is 24.2 Å². The van der Waals surface area contributed by atoms with E-state index in [2.05, 4.69) is 29.6 Å². The monoisotopic (exact) mass is 452 g/mol. The number of hydrogen-bond donors (Lipinski definition) is 1. The summed E-state index contributed by atoms with van der Waals surface area (Å²) in [7, 11) is 1.61. The Hall–Kier alpha value is -4.25. The number of carbonyl (C=O) groups is 1. The summed E-state index contributed by atoms with van der Waals surface area (Å²) in [6.45, 7) is 1.78. The van der Waals surface area contributed by atoms with Crippen molar-refractivity contribution in [3.8, 4) is 11.5 Å². The van der Waals surface area contributed by atoms with Gasteiger partial charge in [-0.1, -0.05) is 84.9 Å².